The van der Waals surface area contributed by atoms with Crippen LogP contribution < -0.4 is 5.32 Å². The number of nitrogens with one attached hydrogen (secondary N) is 1. The number of carbonyl (C=O) groups is 1. The number of benzene rings is 3. The van der Waals surface area contributed by atoms with E-state index < -0.39 is 0 Å². The summed E-state index contributed by atoms with van der Waals surface area (Å²) in [4.78, 5) is 13.6. The summed E-state index contributed by atoms with van der Waals surface area (Å²) in [7, 11) is 0. The average molecular weight is 455 g/mol. The van der Waals surface area contributed by atoms with Gasteiger partial charge in [-0.1, -0.05) is 55.8 Å². The summed E-state index contributed by atoms with van der Waals surface area (Å²) >= 11 is 6.25. The molecule has 1 atom stereocenters. The van der Waals surface area contributed by atoms with Crippen LogP contribution in [0.5, 0.6) is 0 Å². The van der Waals surface area contributed by atoms with Gasteiger partial charge in [0.2, 0.25) is 0 Å². The number of aryl methyl sites for hydroxylation is 1. The predicted molar refractivity (Wildman–Crippen MR) is 137 cm³/mol. The van der Waals surface area contributed by atoms with Gasteiger partial charge in [-0.2, -0.15) is 0 Å². The third kappa shape index (κ3) is 3.06. The van der Waals surface area contributed by atoms with Gasteiger partial charge in [-0.05, 0) is 60.2 Å². The summed E-state index contributed by atoms with van der Waals surface area (Å²) in [5.41, 5.74) is 7.80. The van der Waals surface area contributed by atoms with Crippen LogP contribution in [-0.4, -0.2) is 10.4 Å². The minimum atomic E-state index is -0.114. The van der Waals surface area contributed by atoms with Gasteiger partial charge in [0, 0.05) is 62.7 Å². The number of allylic oxidation sites excluding steroid dienone is 2. The Balaban J connectivity index is 1.72. The first kappa shape index (κ1) is 20.6. The first-order chi connectivity index (χ1) is 15.9. The molecule has 0 saturated heterocycles. The van der Waals surface area contributed by atoms with Crippen LogP contribution in [0.4, 0.5) is 5.69 Å². The monoisotopic (exact) mass is 454 g/mol. The van der Waals surface area contributed by atoms with E-state index in [4.69, 9.17) is 11.6 Å². The normalized spacial score (nSPS) is 19.5. The maximum atomic E-state index is 13.6. The van der Waals surface area contributed by atoms with Crippen LogP contribution in [0, 0.1) is 5.41 Å². The van der Waals surface area contributed by atoms with E-state index in [0.29, 0.717) is 11.4 Å². The van der Waals surface area contributed by atoms with Gasteiger partial charge in [0.05, 0.1) is 0 Å². The Bertz CT molecular complexity index is 1470. The molecule has 0 spiro atoms. The lowest BCUT2D eigenvalue weighted by molar-refractivity contribution is -0.118. The lowest BCUT2D eigenvalue weighted by Gasteiger charge is -2.40. The smallest absolute Gasteiger partial charge is 0.162 e. The topological polar surface area (TPSA) is 34.0 Å². The molecule has 2 heterocycles. The molecule has 2 aliphatic rings. The molecule has 0 radical (unpaired) electrons. The van der Waals surface area contributed by atoms with E-state index in [0.717, 1.165) is 35.5 Å². The number of fused-ring (bicyclic) bond motifs is 5. The predicted octanol–water partition coefficient (Wildman–Crippen LogP) is 7.67. The number of halogens is 1. The molecule has 0 saturated carbocycles. The van der Waals surface area contributed by atoms with E-state index >= 15 is 0 Å². The van der Waals surface area contributed by atoms with Crippen LogP contribution in [-0.2, 0) is 11.3 Å². The van der Waals surface area contributed by atoms with Gasteiger partial charge in [0.1, 0.15) is 0 Å². The highest BCUT2D eigenvalue weighted by molar-refractivity contribution is 6.30. The number of nitrogens with zero attached hydrogens (tertiary/aromatic N) is 1. The average Bonchev–Trinajstić information content (AvgIpc) is 3.11. The van der Waals surface area contributed by atoms with Crippen LogP contribution in [0.2, 0.25) is 5.02 Å². The second kappa shape index (κ2) is 7.23. The van der Waals surface area contributed by atoms with Crippen molar-refractivity contribution < 1.29 is 4.79 Å². The summed E-state index contributed by atoms with van der Waals surface area (Å²) in [6.07, 6.45) is 1.44. The van der Waals surface area contributed by atoms with Crippen molar-refractivity contribution in [1.82, 2.24) is 4.57 Å². The summed E-state index contributed by atoms with van der Waals surface area (Å²) in [6, 6.07) is 21.1. The molecule has 4 aromatic rings. The van der Waals surface area contributed by atoms with Gasteiger partial charge < -0.3 is 9.88 Å². The molecule has 1 aliphatic carbocycles. The Kier molecular flexibility index (Phi) is 4.50. The molecular weight excluding hydrogens is 428 g/mol. The van der Waals surface area contributed by atoms with Gasteiger partial charge in [-0.3, -0.25) is 4.79 Å². The fraction of sp³-hybridized carbons (Fsp3) is 0.276. The number of carbonyl (C=O) groups excluding carboxylic acids is 1. The third-order valence-corrected chi connectivity index (χ3v) is 7.53. The Morgan fingerprint density at radius 3 is 2.52 bits per heavy atom. The number of Topliss-reactive ketones (excluding diaryl/α,β-unsaturated/α-hetero) is 1. The number of aromatic nitrogens is 1. The number of para-hydroxylation sites is 1. The number of ketones is 1. The molecule has 1 N–H and O–H groups in total. The molecule has 3 aromatic carbocycles. The second-order valence-electron chi connectivity index (χ2n) is 10.1. The highest BCUT2D eigenvalue weighted by Crippen LogP contribution is 2.52. The molecule has 1 aromatic heterocycles. The van der Waals surface area contributed by atoms with E-state index in [9.17, 15) is 4.79 Å². The largest absolute Gasteiger partial charge is 0.358 e. The summed E-state index contributed by atoms with van der Waals surface area (Å²) in [5, 5.41) is 6.88. The van der Waals surface area contributed by atoms with Crippen LogP contribution in [0.1, 0.15) is 50.7 Å². The van der Waals surface area contributed by atoms with Gasteiger partial charge in [-0.25, -0.2) is 0 Å². The van der Waals surface area contributed by atoms with Crippen molar-refractivity contribution in [2.24, 2.45) is 5.41 Å². The first-order valence-corrected chi connectivity index (χ1v) is 12.1. The Morgan fingerprint density at radius 1 is 1.00 bits per heavy atom. The number of rotatable bonds is 2. The van der Waals surface area contributed by atoms with Crippen molar-refractivity contribution >= 4 is 44.9 Å². The molecule has 33 heavy (non-hydrogen) atoms. The van der Waals surface area contributed by atoms with E-state index in [1.165, 1.54) is 27.4 Å². The van der Waals surface area contributed by atoms with E-state index in [1.54, 1.807) is 0 Å². The van der Waals surface area contributed by atoms with E-state index in [1.807, 2.05) is 12.1 Å². The fourth-order valence-electron chi connectivity index (χ4n) is 5.99. The lowest BCUT2D eigenvalue weighted by atomic mass is 9.68. The molecular formula is C29H27ClN2O. The van der Waals surface area contributed by atoms with E-state index in [2.05, 4.69) is 79.2 Å². The first-order valence-electron chi connectivity index (χ1n) is 11.7. The van der Waals surface area contributed by atoms with Crippen LogP contribution in [0.25, 0.3) is 21.8 Å². The zero-order chi connectivity index (χ0) is 22.9. The van der Waals surface area contributed by atoms with Gasteiger partial charge in [-0.15, -0.1) is 0 Å². The zero-order valence-corrected chi connectivity index (χ0v) is 20.0. The minimum Gasteiger partial charge on any atom is -0.358 e. The quantitative estimate of drug-likeness (QED) is 0.337. The molecule has 3 nitrogen and oxygen atoms in total. The maximum absolute atomic E-state index is 13.6. The Hall–Kier alpha value is -3.04. The summed E-state index contributed by atoms with van der Waals surface area (Å²) < 4.78 is 2.37. The lowest BCUT2D eigenvalue weighted by Crippen LogP contribution is -2.33. The van der Waals surface area contributed by atoms with Gasteiger partial charge in [0.15, 0.2) is 5.78 Å². The zero-order valence-electron chi connectivity index (χ0n) is 19.2. The minimum absolute atomic E-state index is 0.0483. The Morgan fingerprint density at radius 2 is 1.76 bits per heavy atom. The van der Waals surface area contributed by atoms with Crippen molar-refractivity contribution in [1.29, 1.82) is 0 Å². The van der Waals surface area contributed by atoms with Crippen molar-refractivity contribution in [3.8, 4) is 0 Å². The summed E-state index contributed by atoms with van der Waals surface area (Å²) in [6.45, 7) is 7.44. The standard InChI is InChI=1S/C29H27ClN2O/c1-4-32-22-8-6-5-7-19(22)26-23(32)14-13-20-28(26)25(17-9-11-18(30)12-10-17)27-21(31-20)15-29(2,3)16-24(27)33/h5-14,25,31H,4,15-16H2,1-3H3. The molecule has 0 fully saturated rings. The van der Waals surface area contributed by atoms with Crippen LogP contribution in [0.3, 0.4) is 0 Å². The molecule has 0 amide bonds. The van der Waals surface area contributed by atoms with Crippen molar-refractivity contribution in [2.75, 3.05) is 5.32 Å². The second-order valence-corrected chi connectivity index (χ2v) is 10.6. The fourth-order valence-corrected chi connectivity index (χ4v) is 6.12. The van der Waals surface area contributed by atoms with Crippen molar-refractivity contribution in [3.63, 3.8) is 0 Å². The number of hydrogen-bond acceptors (Lipinski definition) is 2. The third-order valence-electron chi connectivity index (χ3n) is 7.28. The molecule has 1 aliphatic heterocycles. The molecule has 1 unspecified atom stereocenters. The van der Waals surface area contributed by atoms with Crippen LogP contribution >= 0.6 is 11.6 Å². The molecule has 0 bridgehead atoms. The number of hydrogen-bond donors (Lipinski definition) is 1. The molecule has 4 heteroatoms. The van der Waals surface area contributed by atoms with Gasteiger partial charge >= 0.3 is 0 Å². The Labute approximate surface area is 199 Å². The molecule has 166 valence electrons. The highest BCUT2D eigenvalue weighted by Gasteiger charge is 2.41. The highest BCUT2D eigenvalue weighted by atomic mass is 35.5. The van der Waals surface area contributed by atoms with E-state index in [-0.39, 0.29) is 17.1 Å². The summed E-state index contributed by atoms with van der Waals surface area (Å²) in [5.74, 6) is 0.132. The van der Waals surface area contributed by atoms with Crippen molar-refractivity contribution in [3.05, 3.63) is 88.1 Å². The number of anilines is 1. The van der Waals surface area contributed by atoms with Gasteiger partial charge in [0.25, 0.3) is 0 Å². The molecule has 6 rings (SSSR count). The van der Waals surface area contributed by atoms with Crippen LogP contribution in [0.15, 0.2) is 71.9 Å². The van der Waals surface area contributed by atoms with Crippen molar-refractivity contribution in [2.45, 2.75) is 46.1 Å². The maximum Gasteiger partial charge on any atom is 0.162 e. The SMILES string of the molecule is CCn1c2ccccc2c2c3c(ccc21)NC1=C(C(=O)CC(C)(C)C1)C3c1ccc(Cl)cc1.